The predicted molar refractivity (Wildman–Crippen MR) is 103 cm³/mol. The normalized spacial score (nSPS) is 10.6. The Kier molecular flexibility index (Phi) is 6.31. The number of ether oxygens (including phenoxy) is 1. The smallest absolute Gasteiger partial charge is 0.312 e. The Morgan fingerprint density at radius 3 is 2.85 bits per heavy atom. The first-order valence-corrected chi connectivity index (χ1v) is 9.93. The second-order valence-electron chi connectivity index (χ2n) is 5.82. The molecule has 0 unspecified atom stereocenters. The van der Waals surface area contributed by atoms with Crippen molar-refractivity contribution in [1.29, 1.82) is 0 Å². The second-order valence-corrected chi connectivity index (χ2v) is 7.62. The van der Waals surface area contributed by atoms with Crippen LogP contribution in [0, 0.1) is 12.7 Å². The quantitative estimate of drug-likeness (QED) is 0.610. The number of esters is 1. The van der Waals surface area contributed by atoms with E-state index in [1.807, 2.05) is 22.9 Å². The van der Waals surface area contributed by atoms with Crippen LogP contribution in [0.25, 0.3) is 9.88 Å². The first kappa shape index (κ1) is 19.2. The van der Waals surface area contributed by atoms with Crippen LogP contribution in [-0.2, 0) is 27.3 Å². The summed E-state index contributed by atoms with van der Waals surface area (Å²) in [6, 6.07) is 8.66. The van der Waals surface area contributed by atoms with Gasteiger partial charge in [-0.2, -0.15) is 0 Å². The SMILES string of the molecule is Cc1ccc(CNC(=O)COC(=O)Cc2csc(-c3cccs3)n2)cc1F. The summed E-state index contributed by atoms with van der Waals surface area (Å²) in [5.74, 6) is -1.28. The van der Waals surface area contributed by atoms with E-state index < -0.39 is 11.9 Å². The van der Waals surface area contributed by atoms with Gasteiger partial charge in [-0.25, -0.2) is 9.37 Å². The molecule has 0 aliphatic heterocycles. The largest absolute Gasteiger partial charge is 0.455 e. The average molecular weight is 404 g/mol. The minimum Gasteiger partial charge on any atom is -0.455 e. The number of hydrogen-bond donors (Lipinski definition) is 1. The molecule has 0 atom stereocenters. The lowest BCUT2D eigenvalue weighted by Crippen LogP contribution is -2.28. The summed E-state index contributed by atoms with van der Waals surface area (Å²) in [4.78, 5) is 29.1. The zero-order valence-electron chi connectivity index (χ0n) is 14.5. The zero-order valence-corrected chi connectivity index (χ0v) is 16.2. The molecule has 1 N–H and O–H groups in total. The van der Waals surface area contributed by atoms with E-state index in [4.69, 9.17) is 4.74 Å². The predicted octanol–water partition coefficient (Wildman–Crippen LogP) is 3.72. The van der Waals surface area contributed by atoms with Gasteiger partial charge >= 0.3 is 5.97 Å². The number of rotatable bonds is 7. The van der Waals surface area contributed by atoms with Crippen molar-refractivity contribution in [2.75, 3.05) is 6.61 Å². The van der Waals surface area contributed by atoms with Crippen molar-refractivity contribution in [1.82, 2.24) is 10.3 Å². The maximum atomic E-state index is 13.5. The molecule has 0 radical (unpaired) electrons. The van der Waals surface area contributed by atoms with Crippen LogP contribution < -0.4 is 5.32 Å². The van der Waals surface area contributed by atoms with E-state index in [1.54, 1.807) is 30.4 Å². The number of carbonyl (C=O) groups excluding carboxylic acids is 2. The van der Waals surface area contributed by atoms with Gasteiger partial charge in [0.25, 0.3) is 5.91 Å². The standard InChI is InChI=1S/C19H17FN2O3S2/c1-12-4-5-13(7-15(12)20)9-21-17(23)10-25-18(24)8-14-11-27-19(22-14)16-3-2-6-26-16/h2-7,11H,8-10H2,1H3,(H,21,23). The summed E-state index contributed by atoms with van der Waals surface area (Å²) < 4.78 is 18.5. The molecule has 2 heterocycles. The molecule has 8 heteroatoms. The van der Waals surface area contributed by atoms with Crippen molar-refractivity contribution >= 4 is 34.6 Å². The number of benzene rings is 1. The molecular formula is C19H17FN2O3S2. The summed E-state index contributed by atoms with van der Waals surface area (Å²) in [5.41, 5.74) is 1.80. The topological polar surface area (TPSA) is 68.3 Å². The van der Waals surface area contributed by atoms with E-state index in [0.717, 1.165) is 9.88 Å². The highest BCUT2D eigenvalue weighted by molar-refractivity contribution is 7.20. The lowest BCUT2D eigenvalue weighted by molar-refractivity contribution is -0.147. The van der Waals surface area contributed by atoms with Gasteiger partial charge in [-0.05, 0) is 35.6 Å². The highest BCUT2D eigenvalue weighted by Crippen LogP contribution is 2.27. The Morgan fingerprint density at radius 1 is 1.26 bits per heavy atom. The monoisotopic (exact) mass is 404 g/mol. The number of hydrogen-bond acceptors (Lipinski definition) is 6. The first-order chi connectivity index (χ1) is 13.0. The van der Waals surface area contributed by atoms with Crippen LogP contribution in [0.1, 0.15) is 16.8 Å². The molecule has 0 saturated heterocycles. The molecule has 0 aliphatic carbocycles. The van der Waals surface area contributed by atoms with Crippen LogP contribution in [0.15, 0.2) is 41.1 Å². The number of thiophene rings is 1. The number of nitrogens with one attached hydrogen (secondary N) is 1. The fourth-order valence-electron chi connectivity index (χ4n) is 2.24. The third-order valence-corrected chi connectivity index (χ3v) is 5.63. The molecular weight excluding hydrogens is 387 g/mol. The lowest BCUT2D eigenvalue weighted by Gasteiger charge is -2.07. The molecule has 0 saturated carbocycles. The molecule has 0 spiro atoms. The number of halogens is 1. The minimum atomic E-state index is -0.519. The second kappa shape index (κ2) is 8.88. The van der Waals surface area contributed by atoms with Gasteiger partial charge in [0.2, 0.25) is 0 Å². The molecule has 5 nitrogen and oxygen atoms in total. The highest BCUT2D eigenvalue weighted by Gasteiger charge is 2.12. The number of aryl methyl sites for hydroxylation is 1. The minimum absolute atomic E-state index is 0.0122. The van der Waals surface area contributed by atoms with Crippen LogP contribution in [-0.4, -0.2) is 23.5 Å². The van der Waals surface area contributed by atoms with Gasteiger partial charge in [-0.1, -0.05) is 18.2 Å². The van der Waals surface area contributed by atoms with Crippen molar-refractivity contribution in [2.24, 2.45) is 0 Å². The molecule has 27 heavy (non-hydrogen) atoms. The lowest BCUT2D eigenvalue weighted by atomic mass is 10.1. The molecule has 2 aromatic heterocycles. The van der Waals surface area contributed by atoms with Gasteiger partial charge in [0, 0.05) is 11.9 Å². The molecule has 140 valence electrons. The third kappa shape index (κ3) is 5.45. The van der Waals surface area contributed by atoms with Crippen molar-refractivity contribution < 1.29 is 18.7 Å². The molecule has 3 rings (SSSR count). The van der Waals surface area contributed by atoms with Gasteiger partial charge in [-0.15, -0.1) is 22.7 Å². The summed E-state index contributed by atoms with van der Waals surface area (Å²) in [6.07, 6.45) is 0.0122. The van der Waals surface area contributed by atoms with Gasteiger partial charge in [0.15, 0.2) is 6.61 Å². The van der Waals surface area contributed by atoms with Gasteiger partial charge in [0.05, 0.1) is 17.0 Å². The molecule has 3 aromatic rings. The molecule has 1 amide bonds. The fourth-order valence-corrected chi connectivity index (χ4v) is 3.88. The number of carbonyl (C=O) groups is 2. The van der Waals surface area contributed by atoms with Crippen LogP contribution in [0.5, 0.6) is 0 Å². The number of thiazole rings is 1. The van der Waals surface area contributed by atoms with Gasteiger partial charge in [0.1, 0.15) is 10.8 Å². The van der Waals surface area contributed by atoms with Crippen LogP contribution >= 0.6 is 22.7 Å². The van der Waals surface area contributed by atoms with Crippen molar-refractivity contribution in [2.45, 2.75) is 19.9 Å². The highest BCUT2D eigenvalue weighted by atomic mass is 32.1. The number of amides is 1. The van der Waals surface area contributed by atoms with Crippen LogP contribution in [0.2, 0.25) is 0 Å². The van der Waals surface area contributed by atoms with E-state index in [-0.39, 0.29) is 25.4 Å². The van der Waals surface area contributed by atoms with E-state index in [0.29, 0.717) is 16.8 Å². The number of aromatic nitrogens is 1. The maximum Gasteiger partial charge on any atom is 0.312 e. The Hall–Kier alpha value is -2.58. The van der Waals surface area contributed by atoms with Crippen LogP contribution in [0.4, 0.5) is 4.39 Å². The van der Waals surface area contributed by atoms with Gasteiger partial charge < -0.3 is 10.1 Å². The summed E-state index contributed by atoms with van der Waals surface area (Å²) in [6.45, 7) is 1.46. The van der Waals surface area contributed by atoms with Crippen molar-refractivity contribution in [3.63, 3.8) is 0 Å². The zero-order chi connectivity index (χ0) is 19.2. The van der Waals surface area contributed by atoms with E-state index in [2.05, 4.69) is 10.3 Å². The summed E-state index contributed by atoms with van der Waals surface area (Å²) in [7, 11) is 0. The van der Waals surface area contributed by atoms with Crippen molar-refractivity contribution in [3.8, 4) is 9.88 Å². The van der Waals surface area contributed by atoms with E-state index in [9.17, 15) is 14.0 Å². The Labute approximate surface area is 163 Å². The maximum absolute atomic E-state index is 13.5. The summed E-state index contributed by atoms with van der Waals surface area (Å²) >= 11 is 3.05. The van der Waals surface area contributed by atoms with Crippen molar-refractivity contribution in [3.05, 3.63) is 63.7 Å². The Bertz CT molecular complexity index is 938. The molecule has 0 bridgehead atoms. The Balaban J connectivity index is 1.42. The Morgan fingerprint density at radius 2 is 2.11 bits per heavy atom. The van der Waals surface area contributed by atoms with E-state index >= 15 is 0 Å². The average Bonchev–Trinajstić information content (AvgIpc) is 3.32. The third-order valence-electron chi connectivity index (χ3n) is 3.70. The molecule has 1 aromatic carbocycles. The first-order valence-electron chi connectivity index (χ1n) is 8.17. The summed E-state index contributed by atoms with van der Waals surface area (Å²) in [5, 5.41) is 7.22. The fraction of sp³-hybridized carbons (Fsp3) is 0.211. The molecule has 0 fully saturated rings. The van der Waals surface area contributed by atoms with E-state index in [1.165, 1.54) is 17.4 Å². The molecule has 0 aliphatic rings. The van der Waals surface area contributed by atoms with Gasteiger partial charge in [-0.3, -0.25) is 9.59 Å². The van der Waals surface area contributed by atoms with Crippen LogP contribution in [0.3, 0.4) is 0 Å². The number of nitrogens with zero attached hydrogens (tertiary/aromatic N) is 1.